The number of pyridine rings is 1. The lowest BCUT2D eigenvalue weighted by atomic mass is 9.99. The van der Waals surface area contributed by atoms with Crippen LogP contribution in [0, 0.1) is 5.92 Å². The average Bonchev–Trinajstić information content (AvgIpc) is 2.70. The number of anilines is 3. The van der Waals surface area contributed by atoms with Gasteiger partial charge in [0, 0.05) is 42.8 Å². The van der Waals surface area contributed by atoms with Crippen molar-refractivity contribution in [2.45, 2.75) is 39.5 Å². The molecule has 0 spiro atoms. The van der Waals surface area contributed by atoms with Crippen LogP contribution in [0.2, 0.25) is 0 Å². The van der Waals surface area contributed by atoms with Gasteiger partial charge in [0.15, 0.2) is 0 Å². The van der Waals surface area contributed by atoms with E-state index in [0.717, 1.165) is 49.9 Å². The predicted octanol–water partition coefficient (Wildman–Crippen LogP) is 4.78. The molecule has 1 aromatic heterocycles. The first-order valence-corrected chi connectivity index (χ1v) is 10.0. The van der Waals surface area contributed by atoms with E-state index in [-0.39, 0.29) is 5.91 Å². The maximum atomic E-state index is 12.5. The fourth-order valence-electron chi connectivity index (χ4n) is 3.29. The minimum Gasteiger partial charge on any atom is -0.372 e. The Hall–Kier alpha value is -2.56. The summed E-state index contributed by atoms with van der Waals surface area (Å²) in [7, 11) is 0. The van der Waals surface area contributed by atoms with Crippen molar-refractivity contribution >= 4 is 23.1 Å². The number of nitrogens with one attached hydrogen (secondary N) is 2. The lowest BCUT2D eigenvalue weighted by molar-refractivity contribution is 0.102. The monoisotopic (exact) mass is 366 g/mol. The predicted molar refractivity (Wildman–Crippen MR) is 113 cm³/mol. The zero-order valence-corrected chi connectivity index (χ0v) is 16.4. The highest BCUT2D eigenvalue weighted by Crippen LogP contribution is 2.24. The standard InChI is InChI=1S/C22H30N4O/c1-3-4-12-23-21-16-18(9-13-24-21)22(27)25-19-5-7-20(8-6-19)26-14-10-17(2)11-15-26/h5-9,13,16-17H,3-4,10-12,14-15H2,1-2H3,(H,23,24)(H,25,27). The zero-order chi connectivity index (χ0) is 19.1. The molecule has 27 heavy (non-hydrogen) atoms. The number of unbranched alkanes of at least 4 members (excludes halogenated alkanes) is 1. The van der Waals surface area contributed by atoms with Gasteiger partial charge in [-0.3, -0.25) is 4.79 Å². The second-order valence-electron chi connectivity index (χ2n) is 7.38. The smallest absolute Gasteiger partial charge is 0.255 e. The van der Waals surface area contributed by atoms with E-state index in [2.05, 4.69) is 46.5 Å². The van der Waals surface area contributed by atoms with Gasteiger partial charge in [-0.2, -0.15) is 0 Å². The largest absolute Gasteiger partial charge is 0.372 e. The Morgan fingerprint density at radius 3 is 2.63 bits per heavy atom. The van der Waals surface area contributed by atoms with Crippen LogP contribution in [0.25, 0.3) is 0 Å². The molecule has 1 aliphatic rings. The second kappa shape index (κ2) is 9.40. The minimum absolute atomic E-state index is 0.115. The number of benzene rings is 1. The van der Waals surface area contributed by atoms with Gasteiger partial charge < -0.3 is 15.5 Å². The molecule has 2 heterocycles. The van der Waals surface area contributed by atoms with Gasteiger partial charge in [0.1, 0.15) is 5.82 Å². The van der Waals surface area contributed by atoms with Crippen LogP contribution < -0.4 is 15.5 Å². The summed E-state index contributed by atoms with van der Waals surface area (Å²) in [5.41, 5.74) is 2.65. The van der Waals surface area contributed by atoms with Crippen LogP contribution in [0.3, 0.4) is 0 Å². The molecular weight excluding hydrogens is 336 g/mol. The summed E-state index contributed by atoms with van der Waals surface area (Å²) in [4.78, 5) is 19.2. The van der Waals surface area contributed by atoms with Crippen LogP contribution in [0.1, 0.15) is 49.9 Å². The molecule has 0 aliphatic carbocycles. The van der Waals surface area contributed by atoms with E-state index in [0.29, 0.717) is 5.56 Å². The number of hydrogen-bond donors (Lipinski definition) is 2. The van der Waals surface area contributed by atoms with Crippen molar-refractivity contribution < 1.29 is 4.79 Å². The van der Waals surface area contributed by atoms with Crippen LogP contribution in [0.4, 0.5) is 17.2 Å². The molecule has 0 unspecified atom stereocenters. The van der Waals surface area contributed by atoms with Crippen LogP contribution in [0.5, 0.6) is 0 Å². The topological polar surface area (TPSA) is 57.3 Å². The molecular formula is C22H30N4O. The molecule has 1 aromatic carbocycles. The zero-order valence-electron chi connectivity index (χ0n) is 16.4. The first kappa shape index (κ1) is 19.2. The summed E-state index contributed by atoms with van der Waals surface area (Å²) < 4.78 is 0. The van der Waals surface area contributed by atoms with Crippen molar-refractivity contribution in [3.05, 3.63) is 48.2 Å². The van der Waals surface area contributed by atoms with Gasteiger partial charge in [-0.05, 0) is 61.6 Å². The Bertz CT molecular complexity index is 736. The third-order valence-electron chi connectivity index (χ3n) is 5.13. The van der Waals surface area contributed by atoms with E-state index < -0.39 is 0 Å². The van der Waals surface area contributed by atoms with Crippen molar-refractivity contribution in [2.75, 3.05) is 35.2 Å². The van der Waals surface area contributed by atoms with E-state index in [1.165, 1.54) is 18.5 Å². The summed E-state index contributed by atoms with van der Waals surface area (Å²) in [6.07, 6.45) is 6.37. The molecule has 1 amide bonds. The molecule has 2 N–H and O–H groups in total. The summed E-state index contributed by atoms with van der Waals surface area (Å²) in [6, 6.07) is 11.7. The molecule has 0 atom stereocenters. The maximum Gasteiger partial charge on any atom is 0.255 e. The Kier molecular flexibility index (Phi) is 6.69. The van der Waals surface area contributed by atoms with E-state index in [1.54, 1.807) is 18.3 Å². The number of amides is 1. The second-order valence-corrected chi connectivity index (χ2v) is 7.38. The van der Waals surface area contributed by atoms with E-state index in [9.17, 15) is 4.79 Å². The molecule has 1 saturated heterocycles. The maximum absolute atomic E-state index is 12.5. The summed E-state index contributed by atoms with van der Waals surface area (Å²) in [5.74, 6) is 1.45. The summed E-state index contributed by atoms with van der Waals surface area (Å²) in [5, 5.41) is 6.23. The number of rotatable bonds is 7. The van der Waals surface area contributed by atoms with Crippen molar-refractivity contribution in [1.82, 2.24) is 4.98 Å². The SMILES string of the molecule is CCCCNc1cc(C(=O)Nc2ccc(N3CCC(C)CC3)cc2)ccn1. The Balaban J connectivity index is 1.58. The lowest BCUT2D eigenvalue weighted by Crippen LogP contribution is -2.32. The van der Waals surface area contributed by atoms with Gasteiger partial charge in [0.05, 0.1) is 0 Å². The third kappa shape index (κ3) is 5.46. The highest BCUT2D eigenvalue weighted by atomic mass is 16.1. The molecule has 5 heteroatoms. The molecule has 0 bridgehead atoms. The molecule has 0 saturated carbocycles. The van der Waals surface area contributed by atoms with Gasteiger partial charge in [-0.1, -0.05) is 20.3 Å². The minimum atomic E-state index is -0.115. The molecule has 144 valence electrons. The van der Waals surface area contributed by atoms with Crippen molar-refractivity contribution in [3.63, 3.8) is 0 Å². The quantitative estimate of drug-likeness (QED) is 0.692. The first-order valence-electron chi connectivity index (χ1n) is 10.0. The first-order chi connectivity index (χ1) is 13.2. The fraction of sp³-hybridized carbons (Fsp3) is 0.455. The number of piperidine rings is 1. The number of nitrogens with zero attached hydrogens (tertiary/aromatic N) is 2. The highest BCUT2D eigenvalue weighted by molar-refractivity contribution is 6.04. The summed E-state index contributed by atoms with van der Waals surface area (Å²) >= 11 is 0. The number of hydrogen-bond acceptors (Lipinski definition) is 4. The molecule has 5 nitrogen and oxygen atoms in total. The molecule has 1 fully saturated rings. The Labute approximate surface area is 162 Å². The van der Waals surface area contributed by atoms with Gasteiger partial charge in [-0.25, -0.2) is 4.98 Å². The number of carbonyl (C=O) groups is 1. The van der Waals surface area contributed by atoms with Gasteiger partial charge >= 0.3 is 0 Å². The Morgan fingerprint density at radius 2 is 1.93 bits per heavy atom. The van der Waals surface area contributed by atoms with Crippen molar-refractivity contribution in [2.24, 2.45) is 5.92 Å². The number of aromatic nitrogens is 1. The molecule has 2 aromatic rings. The van der Waals surface area contributed by atoms with Crippen molar-refractivity contribution in [3.8, 4) is 0 Å². The Morgan fingerprint density at radius 1 is 1.19 bits per heavy atom. The molecule has 3 rings (SSSR count). The van der Waals surface area contributed by atoms with Gasteiger partial charge in [-0.15, -0.1) is 0 Å². The normalized spacial score (nSPS) is 14.8. The molecule has 0 radical (unpaired) electrons. The van der Waals surface area contributed by atoms with Gasteiger partial charge in [0.2, 0.25) is 0 Å². The van der Waals surface area contributed by atoms with Crippen LogP contribution in [-0.2, 0) is 0 Å². The lowest BCUT2D eigenvalue weighted by Gasteiger charge is -2.32. The number of carbonyl (C=O) groups excluding carboxylic acids is 1. The van der Waals surface area contributed by atoms with Gasteiger partial charge in [0.25, 0.3) is 5.91 Å². The van der Waals surface area contributed by atoms with Crippen LogP contribution in [0.15, 0.2) is 42.6 Å². The highest BCUT2D eigenvalue weighted by Gasteiger charge is 2.16. The van der Waals surface area contributed by atoms with E-state index >= 15 is 0 Å². The van der Waals surface area contributed by atoms with Crippen LogP contribution >= 0.6 is 0 Å². The van der Waals surface area contributed by atoms with E-state index in [4.69, 9.17) is 0 Å². The molecule has 1 aliphatic heterocycles. The fourth-order valence-corrected chi connectivity index (χ4v) is 3.29. The third-order valence-corrected chi connectivity index (χ3v) is 5.13. The summed E-state index contributed by atoms with van der Waals surface area (Å²) in [6.45, 7) is 7.55. The van der Waals surface area contributed by atoms with Crippen LogP contribution in [-0.4, -0.2) is 30.5 Å². The average molecular weight is 367 g/mol. The van der Waals surface area contributed by atoms with Crippen molar-refractivity contribution in [1.29, 1.82) is 0 Å². The van der Waals surface area contributed by atoms with E-state index in [1.807, 2.05) is 12.1 Å².